The van der Waals surface area contributed by atoms with E-state index < -0.39 is 0 Å². The number of carbonyl (C=O) groups is 1. The maximum absolute atomic E-state index is 13.0. The molecule has 2 aliphatic heterocycles. The van der Waals surface area contributed by atoms with Crippen LogP contribution in [0.3, 0.4) is 0 Å². The van der Waals surface area contributed by atoms with Crippen LogP contribution in [0.25, 0.3) is 21.5 Å². The van der Waals surface area contributed by atoms with E-state index in [1.807, 2.05) is 31.2 Å². The van der Waals surface area contributed by atoms with Crippen molar-refractivity contribution < 1.29 is 4.79 Å². The van der Waals surface area contributed by atoms with Gasteiger partial charge in [0, 0.05) is 29.1 Å². The topological polar surface area (TPSA) is 97.9 Å². The zero-order valence-corrected chi connectivity index (χ0v) is 16.5. The van der Waals surface area contributed by atoms with Crippen molar-refractivity contribution in [2.75, 3.05) is 0 Å². The second-order valence-corrected chi connectivity index (χ2v) is 9.01. The van der Waals surface area contributed by atoms with E-state index in [4.69, 9.17) is 5.73 Å². The van der Waals surface area contributed by atoms with E-state index in [1.165, 1.54) is 0 Å². The van der Waals surface area contributed by atoms with Crippen LogP contribution in [-0.2, 0) is 11.2 Å². The molecular weight excluding hydrogens is 372 g/mol. The first-order valence-corrected chi connectivity index (χ1v) is 10.5. The van der Waals surface area contributed by atoms with Gasteiger partial charge in [0.05, 0.1) is 17.6 Å². The SMILES string of the molecule is Cc1nnc(-c2ccc3nnc(CC(=O)N4[C@@H]5CC[C@H]4CC(N)C5)cc3c2)s1. The van der Waals surface area contributed by atoms with E-state index in [0.29, 0.717) is 17.8 Å². The molecule has 0 spiro atoms. The molecular formula is C20H22N6OS. The molecule has 2 aliphatic rings. The number of amides is 1. The minimum atomic E-state index is 0.143. The third-order valence-electron chi connectivity index (χ3n) is 5.80. The summed E-state index contributed by atoms with van der Waals surface area (Å²) in [6, 6.07) is 8.74. The van der Waals surface area contributed by atoms with Gasteiger partial charge in [0.1, 0.15) is 10.0 Å². The van der Waals surface area contributed by atoms with Gasteiger partial charge in [-0.15, -0.1) is 10.2 Å². The Hall–Kier alpha value is -2.45. The number of nitrogens with zero attached hydrogens (tertiary/aromatic N) is 5. The lowest BCUT2D eigenvalue weighted by Gasteiger charge is -2.37. The molecule has 8 heteroatoms. The molecule has 0 saturated carbocycles. The average molecular weight is 395 g/mol. The number of aromatic nitrogens is 4. The molecule has 1 aromatic carbocycles. The highest BCUT2D eigenvalue weighted by molar-refractivity contribution is 7.14. The van der Waals surface area contributed by atoms with Gasteiger partial charge in [-0.1, -0.05) is 11.3 Å². The third-order valence-corrected chi connectivity index (χ3v) is 6.69. The Morgan fingerprint density at radius 3 is 2.64 bits per heavy atom. The summed E-state index contributed by atoms with van der Waals surface area (Å²) >= 11 is 1.56. The number of nitrogens with two attached hydrogens (primary N) is 1. The van der Waals surface area contributed by atoms with Crippen LogP contribution in [0, 0.1) is 6.92 Å². The minimum absolute atomic E-state index is 0.143. The Morgan fingerprint density at radius 2 is 1.93 bits per heavy atom. The molecule has 144 valence electrons. The lowest BCUT2D eigenvalue weighted by molar-refractivity contribution is -0.135. The molecule has 3 aromatic rings. The third kappa shape index (κ3) is 3.16. The van der Waals surface area contributed by atoms with Gasteiger partial charge in [0.25, 0.3) is 0 Å². The predicted molar refractivity (Wildman–Crippen MR) is 108 cm³/mol. The summed E-state index contributed by atoms with van der Waals surface area (Å²) < 4.78 is 0. The van der Waals surface area contributed by atoms with Crippen molar-refractivity contribution in [1.82, 2.24) is 25.3 Å². The highest BCUT2D eigenvalue weighted by atomic mass is 32.1. The van der Waals surface area contributed by atoms with Gasteiger partial charge in [0.2, 0.25) is 5.91 Å². The van der Waals surface area contributed by atoms with Crippen molar-refractivity contribution in [2.45, 2.75) is 57.2 Å². The summed E-state index contributed by atoms with van der Waals surface area (Å²) in [6.07, 6.45) is 4.25. The van der Waals surface area contributed by atoms with Crippen LogP contribution in [0.1, 0.15) is 36.4 Å². The van der Waals surface area contributed by atoms with E-state index in [2.05, 4.69) is 25.3 Å². The molecule has 2 fully saturated rings. The molecule has 1 amide bonds. The van der Waals surface area contributed by atoms with Crippen LogP contribution in [0.2, 0.25) is 0 Å². The lowest BCUT2D eigenvalue weighted by Crippen LogP contribution is -2.50. The van der Waals surface area contributed by atoms with Crippen molar-refractivity contribution in [3.8, 4) is 10.6 Å². The quantitative estimate of drug-likeness (QED) is 0.733. The first-order chi connectivity index (χ1) is 13.6. The van der Waals surface area contributed by atoms with E-state index >= 15 is 0 Å². The molecule has 4 heterocycles. The van der Waals surface area contributed by atoms with Crippen LogP contribution in [0.15, 0.2) is 24.3 Å². The van der Waals surface area contributed by atoms with Crippen LogP contribution in [0.5, 0.6) is 0 Å². The molecule has 5 rings (SSSR count). The molecule has 0 radical (unpaired) electrons. The van der Waals surface area contributed by atoms with Gasteiger partial charge in [-0.05, 0) is 56.9 Å². The molecule has 0 aliphatic carbocycles. The van der Waals surface area contributed by atoms with E-state index in [-0.39, 0.29) is 18.4 Å². The fourth-order valence-corrected chi connectivity index (χ4v) is 5.28. The molecule has 3 atom stereocenters. The monoisotopic (exact) mass is 394 g/mol. The zero-order chi connectivity index (χ0) is 19.3. The number of rotatable bonds is 3. The van der Waals surface area contributed by atoms with Crippen LogP contribution in [-0.4, -0.2) is 49.3 Å². The second-order valence-electron chi connectivity index (χ2n) is 7.83. The van der Waals surface area contributed by atoms with Crippen molar-refractivity contribution in [3.05, 3.63) is 35.0 Å². The Bertz CT molecular complexity index is 1040. The summed E-state index contributed by atoms with van der Waals surface area (Å²) in [6.45, 7) is 1.94. The van der Waals surface area contributed by atoms with Crippen LogP contribution >= 0.6 is 11.3 Å². The maximum Gasteiger partial charge on any atom is 0.229 e. The number of piperidine rings is 1. The Labute approximate surface area is 167 Å². The standard InChI is InChI=1S/C20H22N6OS/c1-11-22-25-20(28-11)12-2-5-18-13(6-12)7-15(23-24-18)10-19(27)26-16-3-4-17(26)9-14(21)8-16/h2,5-7,14,16-17H,3-4,8-10,21H2,1H3/t14?,16-,17+. The molecule has 2 saturated heterocycles. The molecule has 2 bridgehead atoms. The Morgan fingerprint density at radius 1 is 1.14 bits per heavy atom. The number of aryl methyl sites for hydroxylation is 1. The van der Waals surface area contributed by atoms with Crippen LogP contribution < -0.4 is 5.73 Å². The number of hydrogen-bond donors (Lipinski definition) is 1. The molecule has 2 aromatic heterocycles. The van der Waals surface area contributed by atoms with Gasteiger partial charge < -0.3 is 10.6 Å². The van der Waals surface area contributed by atoms with Gasteiger partial charge in [-0.3, -0.25) is 4.79 Å². The van der Waals surface area contributed by atoms with Crippen molar-refractivity contribution in [2.24, 2.45) is 5.73 Å². The summed E-state index contributed by atoms with van der Waals surface area (Å²) in [5, 5.41) is 19.7. The minimum Gasteiger partial charge on any atom is -0.336 e. The summed E-state index contributed by atoms with van der Waals surface area (Å²) in [4.78, 5) is 15.0. The van der Waals surface area contributed by atoms with Crippen molar-refractivity contribution in [1.29, 1.82) is 0 Å². The van der Waals surface area contributed by atoms with Crippen molar-refractivity contribution >= 4 is 28.1 Å². The summed E-state index contributed by atoms with van der Waals surface area (Å²) in [7, 11) is 0. The second kappa shape index (κ2) is 6.86. The normalized spacial score (nSPS) is 24.1. The van der Waals surface area contributed by atoms with Gasteiger partial charge in [-0.2, -0.15) is 10.2 Å². The fraction of sp³-hybridized carbons (Fsp3) is 0.450. The summed E-state index contributed by atoms with van der Waals surface area (Å²) in [5.74, 6) is 0.143. The number of hydrogen-bond acceptors (Lipinski definition) is 7. The molecule has 1 unspecified atom stereocenters. The van der Waals surface area contributed by atoms with Crippen molar-refractivity contribution in [3.63, 3.8) is 0 Å². The van der Waals surface area contributed by atoms with Gasteiger partial charge >= 0.3 is 0 Å². The number of fused-ring (bicyclic) bond motifs is 3. The Kier molecular flexibility index (Phi) is 4.32. The molecule has 7 nitrogen and oxygen atoms in total. The largest absolute Gasteiger partial charge is 0.336 e. The van der Waals surface area contributed by atoms with Gasteiger partial charge in [0.15, 0.2) is 0 Å². The lowest BCUT2D eigenvalue weighted by atomic mass is 9.97. The molecule has 28 heavy (non-hydrogen) atoms. The predicted octanol–water partition coefficient (Wildman–Crippen LogP) is 2.48. The van der Waals surface area contributed by atoms with E-state index in [0.717, 1.165) is 52.2 Å². The van der Waals surface area contributed by atoms with Gasteiger partial charge in [-0.25, -0.2) is 0 Å². The first-order valence-electron chi connectivity index (χ1n) is 9.70. The van der Waals surface area contributed by atoms with E-state index in [9.17, 15) is 4.79 Å². The highest BCUT2D eigenvalue weighted by Crippen LogP contribution is 2.35. The average Bonchev–Trinajstić information content (AvgIpc) is 3.22. The molecule has 2 N–H and O–H groups in total. The van der Waals surface area contributed by atoms with Crippen LogP contribution in [0.4, 0.5) is 0 Å². The smallest absolute Gasteiger partial charge is 0.229 e. The van der Waals surface area contributed by atoms with E-state index in [1.54, 1.807) is 11.3 Å². The fourth-order valence-electron chi connectivity index (χ4n) is 4.59. The summed E-state index contributed by atoms with van der Waals surface area (Å²) in [5.41, 5.74) is 8.65. The maximum atomic E-state index is 13.0. The first kappa shape index (κ1) is 17.6. The highest BCUT2D eigenvalue weighted by Gasteiger charge is 2.42. The Balaban J connectivity index is 1.39. The number of carbonyl (C=O) groups excluding carboxylic acids is 1. The zero-order valence-electron chi connectivity index (χ0n) is 15.7. The number of benzene rings is 1.